The molecule has 0 fully saturated rings. The first-order valence-corrected chi connectivity index (χ1v) is 7.26. The number of benzene rings is 1. The zero-order valence-electron chi connectivity index (χ0n) is 11.3. The van der Waals surface area contributed by atoms with Crippen molar-refractivity contribution in [1.82, 2.24) is 15.3 Å². The van der Waals surface area contributed by atoms with Crippen LogP contribution in [0.3, 0.4) is 0 Å². The molecule has 1 aliphatic heterocycles. The van der Waals surface area contributed by atoms with Crippen molar-refractivity contribution in [2.45, 2.75) is 6.42 Å². The number of carbonyl (C=O) groups is 1. The molecule has 0 spiro atoms. The van der Waals surface area contributed by atoms with Crippen LogP contribution >= 0.6 is 23.2 Å². The predicted molar refractivity (Wildman–Crippen MR) is 85.4 cm³/mol. The lowest BCUT2D eigenvalue weighted by molar-refractivity contribution is 0.0971. The van der Waals surface area contributed by atoms with E-state index in [0.717, 1.165) is 5.69 Å². The Morgan fingerprint density at radius 1 is 1.23 bits per heavy atom. The molecule has 112 valence electrons. The molecule has 0 saturated carbocycles. The van der Waals surface area contributed by atoms with Crippen LogP contribution in [0.25, 0.3) is 0 Å². The van der Waals surface area contributed by atoms with E-state index in [1.807, 2.05) is 6.07 Å². The van der Waals surface area contributed by atoms with Crippen LogP contribution in [0.1, 0.15) is 16.9 Å². The maximum atomic E-state index is 12.0. The molecule has 1 N–H and O–H groups in total. The van der Waals surface area contributed by atoms with Gasteiger partial charge < -0.3 is 5.32 Å². The second-order valence-electron chi connectivity index (χ2n) is 4.57. The van der Waals surface area contributed by atoms with Crippen LogP contribution in [-0.2, 0) is 0 Å². The lowest BCUT2D eigenvalue weighted by Crippen LogP contribution is -2.30. The van der Waals surface area contributed by atoms with Crippen LogP contribution in [0, 0.1) is 0 Å². The first kappa shape index (κ1) is 14.7. The molecule has 2 aromatic rings. The molecule has 0 unspecified atom stereocenters. The third-order valence-electron chi connectivity index (χ3n) is 3.08. The Hall–Kier alpha value is -2.18. The molecule has 1 aromatic heterocycles. The summed E-state index contributed by atoms with van der Waals surface area (Å²) in [4.78, 5) is 19.7. The second kappa shape index (κ2) is 6.29. The number of amides is 1. The molecular formula is C14H11Cl2N5O. The summed E-state index contributed by atoms with van der Waals surface area (Å²) in [5.41, 5.74) is 1.12. The van der Waals surface area contributed by atoms with Gasteiger partial charge in [0.15, 0.2) is 0 Å². The first-order chi connectivity index (χ1) is 10.6. The van der Waals surface area contributed by atoms with Gasteiger partial charge in [-0.1, -0.05) is 23.2 Å². The molecular weight excluding hydrogens is 325 g/mol. The van der Waals surface area contributed by atoms with E-state index >= 15 is 0 Å². The molecule has 0 saturated heterocycles. The van der Waals surface area contributed by atoms with Crippen molar-refractivity contribution < 1.29 is 4.79 Å². The van der Waals surface area contributed by atoms with Crippen molar-refractivity contribution in [2.75, 3.05) is 11.6 Å². The van der Waals surface area contributed by atoms with Crippen molar-refractivity contribution in [3.05, 3.63) is 52.5 Å². The highest BCUT2D eigenvalue weighted by Gasteiger charge is 2.19. The molecule has 2 heterocycles. The highest BCUT2D eigenvalue weighted by Crippen LogP contribution is 2.28. The van der Waals surface area contributed by atoms with E-state index in [1.54, 1.807) is 23.2 Å². The number of aromatic nitrogens is 2. The summed E-state index contributed by atoms with van der Waals surface area (Å²) in [5.74, 6) is 0.270. The number of hydrogen-bond donors (Lipinski definition) is 1. The molecule has 8 heteroatoms. The summed E-state index contributed by atoms with van der Waals surface area (Å²) >= 11 is 11.9. The smallest absolute Gasteiger partial charge is 0.275 e. The van der Waals surface area contributed by atoms with Gasteiger partial charge in [0.1, 0.15) is 17.9 Å². The number of amidine groups is 1. The van der Waals surface area contributed by atoms with Crippen molar-refractivity contribution >= 4 is 40.6 Å². The Labute approximate surface area is 136 Å². The fourth-order valence-electron chi connectivity index (χ4n) is 2.00. The maximum Gasteiger partial charge on any atom is 0.275 e. The number of carbonyl (C=O) groups excluding carboxylic acids is 1. The molecule has 1 amide bonds. The largest absolute Gasteiger partial charge is 0.307 e. The van der Waals surface area contributed by atoms with Crippen LogP contribution in [0.5, 0.6) is 0 Å². The first-order valence-electron chi connectivity index (χ1n) is 6.51. The minimum Gasteiger partial charge on any atom is -0.307 e. The van der Waals surface area contributed by atoms with Crippen LogP contribution in [0.15, 0.2) is 41.9 Å². The minimum atomic E-state index is -0.308. The number of anilines is 1. The summed E-state index contributed by atoms with van der Waals surface area (Å²) < 4.78 is 0. The van der Waals surface area contributed by atoms with Crippen molar-refractivity contribution in [1.29, 1.82) is 0 Å². The molecule has 0 bridgehead atoms. The Morgan fingerprint density at radius 3 is 2.82 bits per heavy atom. The summed E-state index contributed by atoms with van der Waals surface area (Å²) in [6.45, 7) is 0.650. The minimum absolute atomic E-state index is 0.297. The van der Waals surface area contributed by atoms with Gasteiger partial charge in [-0.05, 0) is 24.3 Å². The molecule has 22 heavy (non-hydrogen) atoms. The Morgan fingerprint density at radius 2 is 2.09 bits per heavy atom. The number of rotatable bonds is 2. The van der Waals surface area contributed by atoms with Crippen LogP contribution in [0.4, 0.5) is 5.69 Å². The van der Waals surface area contributed by atoms with Crippen LogP contribution in [0.2, 0.25) is 10.0 Å². The Bertz CT molecular complexity index is 735. The quantitative estimate of drug-likeness (QED) is 0.915. The lowest BCUT2D eigenvalue weighted by Gasteiger charge is -2.13. The third-order valence-corrected chi connectivity index (χ3v) is 3.81. The molecule has 1 aromatic carbocycles. The van der Waals surface area contributed by atoms with Crippen LogP contribution < -0.4 is 10.3 Å². The molecule has 0 atom stereocenters. The van der Waals surface area contributed by atoms with Crippen molar-refractivity contribution in [2.24, 2.45) is 5.10 Å². The lowest BCUT2D eigenvalue weighted by atomic mass is 10.3. The zero-order valence-corrected chi connectivity index (χ0v) is 12.8. The van der Waals surface area contributed by atoms with E-state index in [4.69, 9.17) is 23.2 Å². The van der Waals surface area contributed by atoms with Gasteiger partial charge in [0, 0.05) is 19.2 Å². The van der Waals surface area contributed by atoms with E-state index in [2.05, 4.69) is 20.4 Å². The summed E-state index contributed by atoms with van der Waals surface area (Å²) in [6, 6.07) is 6.82. The monoisotopic (exact) mass is 335 g/mol. The van der Waals surface area contributed by atoms with Crippen molar-refractivity contribution in [3.63, 3.8) is 0 Å². The Balaban J connectivity index is 1.72. The van der Waals surface area contributed by atoms with Gasteiger partial charge in [0.25, 0.3) is 5.91 Å². The molecule has 6 nitrogen and oxygen atoms in total. The fraction of sp³-hybridized carbons (Fsp3) is 0.143. The number of nitrogens with zero attached hydrogens (tertiary/aromatic N) is 4. The van der Waals surface area contributed by atoms with E-state index in [9.17, 15) is 4.79 Å². The van der Waals surface area contributed by atoms with Gasteiger partial charge in [-0.15, -0.1) is 0 Å². The average molecular weight is 336 g/mol. The topological polar surface area (TPSA) is 70.5 Å². The highest BCUT2D eigenvalue weighted by molar-refractivity contribution is 6.42. The van der Waals surface area contributed by atoms with Crippen LogP contribution in [-0.4, -0.2) is 28.3 Å². The zero-order chi connectivity index (χ0) is 15.5. The van der Waals surface area contributed by atoms with Crippen molar-refractivity contribution in [3.8, 4) is 0 Å². The highest BCUT2D eigenvalue weighted by atomic mass is 35.5. The fourth-order valence-corrected chi connectivity index (χ4v) is 2.29. The second-order valence-corrected chi connectivity index (χ2v) is 5.38. The number of hydrogen-bond acceptors (Lipinski definition) is 5. The van der Waals surface area contributed by atoms with Gasteiger partial charge >= 0.3 is 0 Å². The standard InChI is InChI=1S/C14H11Cl2N5O/c15-10-2-1-9(7-11(10)16)21-6-4-13(20-21)19-14(22)12-3-5-17-8-18-12/h1-3,5,7-8H,4,6H2,(H,19,20,22). The SMILES string of the molecule is O=C(NC1=NN(c2ccc(Cl)c(Cl)c2)CC1)c1ccncn1. The molecule has 3 rings (SSSR count). The van der Waals surface area contributed by atoms with E-state index in [0.29, 0.717) is 34.5 Å². The summed E-state index contributed by atoms with van der Waals surface area (Å²) in [6.07, 6.45) is 3.46. The van der Waals surface area contributed by atoms with Gasteiger partial charge in [0.05, 0.1) is 15.7 Å². The summed E-state index contributed by atoms with van der Waals surface area (Å²) in [7, 11) is 0. The Kier molecular flexibility index (Phi) is 4.22. The summed E-state index contributed by atoms with van der Waals surface area (Å²) in [5, 5.41) is 9.83. The van der Waals surface area contributed by atoms with Gasteiger partial charge in [-0.2, -0.15) is 5.10 Å². The number of halogens is 2. The molecule has 0 aliphatic carbocycles. The normalized spacial score (nSPS) is 13.9. The van der Waals surface area contributed by atoms with Gasteiger partial charge in [-0.3, -0.25) is 9.80 Å². The predicted octanol–water partition coefficient (Wildman–Crippen LogP) is 2.74. The maximum absolute atomic E-state index is 12.0. The number of hydrazone groups is 1. The average Bonchev–Trinajstić information content (AvgIpc) is 2.99. The molecule has 0 radical (unpaired) electrons. The molecule has 1 aliphatic rings. The van der Waals surface area contributed by atoms with E-state index < -0.39 is 0 Å². The van der Waals surface area contributed by atoms with E-state index in [1.165, 1.54) is 12.5 Å². The van der Waals surface area contributed by atoms with E-state index in [-0.39, 0.29) is 5.91 Å². The van der Waals surface area contributed by atoms with Gasteiger partial charge in [0.2, 0.25) is 0 Å². The number of nitrogens with one attached hydrogen (secondary N) is 1. The third kappa shape index (κ3) is 3.18. The van der Waals surface area contributed by atoms with Gasteiger partial charge in [-0.25, -0.2) is 9.97 Å².